The number of rotatable bonds is 0. The third-order valence-electron chi connectivity index (χ3n) is 3.74. The average Bonchev–Trinajstić information content (AvgIpc) is 4.00. The van der Waals surface area contributed by atoms with Gasteiger partial charge in [0, 0.05) is 53.9 Å². The van der Waals surface area contributed by atoms with E-state index in [9.17, 15) is 0 Å². The molecule has 2 radical (unpaired) electrons. The number of aliphatic hydroxyl groups excluding tert-OH is 1. The van der Waals surface area contributed by atoms with E-state index < -0.39 is 0 Å². The van der Waals surface area contributed by atoms with Gasteiger partial charge in [-0.05, 0) is 12.8 Å². The van der Waals surface area contributed by atoms with Crippen LogP contribution in [0.4, 0.5) is 0 Å². The molecule has 3 fully saturated rings. The molecule has 0 atom stereocenters. The molecule has 1 saturated heterocycles. The monoisotopic (exact) mass is 1060 g/mol. The van der Waals surface area contributed by atoms with Crippen LogP contribution in [0, 0.1) is 38.4 Å². The van der Waals surface area contributed by atoms with E-state index in [1.165, 1.54) is 64.2 Å². The van der Waals surface area contributed by atoms with Gasteiger partial charge in [-0.2, -0.15) is 39.5 Å². The number of ether oxygens (including phenoxy) is 1. The Balaban J connectivity index is -0.0000000128. The number of halogens is 1. The summed E-state index contributed by atoms with van der Waals surface area (Å²) in [6.45, 7) is 47.3. The van der Waals surface area contributed by atoms with Crippen LogP contribution in [0.2, 0.25) is 0 Å². The molecule has 13 nitrogen and oxygen atoms in total. The molecule has 3 aliphatic rings. The molecule has 0 unspecified atom stereocenters. The maximum atomic E-state index is 7.75. The minimum atomic E-state index is 0. The molecule has 0 aromatic heterocycles. The zero-order valence-corrected chi connectivity index (χ0v) is 36.3. The summed E-state index contributed by atoms with van der Waals surface area (Å²) < 4.78 is 34.9. The van der Waals surface area contributed by atoms with Gasteiger partial charge in [0.1, 0.15) is 0 Å². The summed E-state index contributed by atoms with van der Waals surface area (Å²) in [7, 11) is 1.00. The van der Waals surface area contributed by atoms with Crippen LogP contribution in [0.1, 0.15) is 79.5 Å². The number of hydrogen-bond acceptors (Lipinski definition) is 9. The van der Waals surface area contributed by atoms with Crippen LogP contribution >= 0.6 is 19.8 Å². The third-order valence-corrected chi connectivity index (χ3v) is 3.74. The van der Waals surface area contributed by atoms with Gasteiger partial charge in [-0.3, -0.25) is 47.5 Å². The molecule has 2 saturated carbocycles. The predicted octanol–water partition coefficient (Wildman–Crippen LogP) is 0.638. The molecule has 0 aromatic carbocycles. The number of carbonyl (C=O) groups excluding carboxylic acids is 7. The van der Waals surface area contributed by atoms with Gasteiger partial charge in [0.15, 0.2) is 0 Å². The van der Waals surface area contributed by atoms with Crippen LogP contribution in [-0.2, 0) is 125 Å². The van der Waals surface area contributed by atoms with Gasteiger partial charge in [0.25, 0.3) is 0 Å². The Morgan fingerprint density at radius 1 is 0.532 bits per heavy atom. The van der Waals surface area contributed by atoms with E-state index in [1.807, 2.05) is 0 Å². The molecule has 1 aliphatic heterocycles. The first-order valence-corrected chi connectivity index (χ1v) is 15.7. The van der Waals surface area contributed by atoms with E-state index in [-0.39, 0.29) is 84.0 Å². The third kappa shape index (κ3) is 242. The molecular formula is C28H42Co2INaO13Ru2-4. The van der Waals surface area contributed by atoms with Crippen LogP contribution in [-0.4, -0.2) is 73.0 Å². The van der Waals surface area contributed by atoms with Gasteiger partial charge in [0.2, 0.25) is 0 Å². The summed E-state index contributed by atoms with van der Waals surface area (Å²) >= 11 is 4.40. The van der Waals surface area contributed by atoms with Crippen molar-refractivity contribution in [2.24, 2.45) is 0 Å². The second-order valence-electron chi connectivity index (χ2n) is 5.65. The molecule has 0 bridgehead atoms. The van der Waals surface area contributed by atoms with Crippen molar-refractivity contribution >= 4 is 67.3 Å². The second-order valence-corrected chi connectivity index (χ2v) is 5.65. The fraction of sp³-hybridized carbons (Fsp3) is 0.536. The molecule has 3 rings (SSSR count). The zero-order chi connectivity index (χ0) is 38.3. The summed E-state index contributed by atoms with van der Waals surface area (Å²) in [5.74, 6) is 3.41. The summed E-state index contributed by atoms with van der Waals surface area (Å²) in [5.41, 5.74) is 0. The van der Waals surface area contributed by atoms with Crippen molar-refractivity contribution in [1.82, 2.24) is 0 Å². The van der Waals surface area contributed by atoms with Gasteiger partial charge in [-0.1, -0.05) is 25.7 Å². The van der Waals surface area contributed by atoms with E-state index in [2.05, 4.69) is 123 Å². The second kappa shape index (κ2) is 253. The average molecular weight is 1060 g/mol. The van der Waals surface area contributed by atoms with Crippen molar-refractivity contribution < 1.29 is 161 Å². The SMILES string of the molecule is C1CCOC1.CO.C[C-]1CCCC1.C[C-]1CCCC1.[C-]#[O+].[C-]#[O+].[C-]#[O+].[C-]#[O+].[CH-]=O.[CH-]=O.[CH-]=O.[CH-]=O.[CH-]=O.[CH-]=O.[CH-]=O.[Co].[Co].[H-].[Na+].[Ru+2].[Ru+3][I]. The molecule has 2 aliphatic carbocycles. The normalized spacial score (nSPS) is 10.1. The van der Waals surface area contributed by atoms with E-state index in [1.54, 1.807) is 11.8 Å². The van der Waals surface area contributed by atoms with Crippen molar-refractivity contribution in [1.29, 1.82) is 0 Å². The molecule has 1 N–H and O–H groups in total. The fourth-order valence-electron chi connectivity index (χ4n) is 2.47. The number of hydrogen-bond donors (Lipinski definition) is 1. The molecule has 47 heavy (non-hydrogen) atoms. The molecule has 19 heteroatoms. The Kier molecular flexibility index (Phi) is 593. The van der Waals surface area contributed by atoms with Crippen LogP contribution in [0.15, 0.2) is 0 Å². The number of aliphatic hydroxyl groups is 1. The molecular weight excluding hydrogens is 1010 g/mol. The van der Waals surface area contributed by atoms with Gasteiger partial charge in [-0.15, -0.1) is 0 Å². The predicted molar refractivity (Wildman–Crippen MR) is 161 cm³/mol. The first-order valence-electron chi connectivity index (χ1n) is 10.5. The summed E-state index contributed by atoms with van der Waals surface area (Å²) in [5, 5.41) is 7.00. The van der Waals surface area contributed by atoms with Crippen LogP contribution < -0.4 is 29.6 Å². The van der Waals surface area contributed by atoms with E-state index in [0.29, 0.717) is 0 Å². The quantitative estimate of drug-likeness (QED) is 0.118. The van der Waals surface area contributed by atoms with Crippen molar-refractivity contribution in [2.75, 3.05) is 20.3 Å². The fourth-order valence-corrected chi connectivity index (χ4v) is 2.47. The minimum absolute atomic E-state index is 0. The zero-order valence-electron chi connectivity index (χ0n) is 27.6. The van der Waals surface area contributed by atoms with E-state index in [0.717, 1.165) is 20.3 Å². The summed E-state index contributed by atoms with van der Waals surface area (Å²) in [6.07, 6.45) is 14.0. The maximum absolute atomic E-state index is 7.75. The molecule has 1 heterocycles. The Hall–Kier alpha value is 0.560. The van der Waals surface area contributed by atoms with Gasteiger partial charge in [0.05, 0.1) is 0 Å². The van der Waals surface area contributed by atoms with E-state index in [4.69, 9.17) is 62.0 Å². The van der Waals surface area contributed by atoms with Crippen molar-refractivity contribution in [3.63, 3.8) is 0 Å². The van der Waals surface area contributed by atoms with Crippen LogP contribution in [0.5, 0.6) is 0 Å². The van der Waals surface area contributed by atoms with Crippen LogP contribution in [0.3, 0.4) is 0 Å². The van der Waals surface area contributed by atoms with Gasteiger partial charge < -0.3 is 56.7 Å². The Labute approximate surface area is 361 Å². The van der Waals surface area contributed by atoms with Crippen molar-refractivity contribution in [3.8, 4) is 0 Å². The van der Waals surface area contributed by atoms with Gasteiger partial charge in [-0.25, -0.2) is 0 Å². The van der Waals surface area contributed by atoms with Crippen LogP contribution in [0.25, 0.3) is 0 Å². The first kappa shape index (κ1) is 110. The summed E-state index contributed by atoms with van der Waals surface area (Å²) in [6, 6.07) is 0. The Morgan fingerprint density at radius 2 is 0.660 bits per heavy atom. The molecule has 0 amide bonds. The molecule has 0 aromatic rings. The standard InChI is InChI=1S/2C6H11.C4H8O.CH4O.7CHO.4CO.2Co.HI.Na.2Ru.H/c2*1-6-4-2-3-5-6;1-2-4-5-3-1;12*1-2;;;;;;;/h2*2-5H2,1H3;1-4H2;2H,1H3;7*1H;;;;;;;1H;;;;/q2*-1;;;7*-1;;;;;;;;+1;+2;+4;-1/p-1. The Morgan fingerprint density at radius 3 is 0.702 bits per heavy atom. The van der Waals surface area contributed by atoms with Gasteiger partial charge >= 0.3 is 129 Å². The van der Waals surface area contributed by atoms with Crippen molar-refractivity contribution in [2.45, 2.75) is 78.1 Å². The van der Waals surface area contributed by atoms with Crippen molar-refractivity contribution in [3.05, 3.63) is 38.4 Å². The first-order chi connectivity index (χ1) is 21.3. The Bertz CT molecular complexity index is 380. The summed E-state index contributed by atoms with van der Waals surface area (Å²) in [4.78, 5) is 54.2. The van der Waals surface area contributed by atoms with E-state index >= 15 is 0 Å². The molecule has 0 spiro atoms. The molecule has 278 valence electrons. The topological polar surface area (TPSA) is 229 Å².